The minimum atomic E-state index is -0.356. The number of carbonyl (C=O) groups is 1. The molecule has 1 amide bonds. The van der Waals surface area contributed by atoms with Gasteiger partial charge in [0.2, 0.25) is 5.91 Å². The third-order valence-electron chi connectivity index (χ3n) is 4.29. The number of nitrogens with one attached hydrogen (secondary N) is 1. The molecular weight excluding hydrogens is 382 g/mol. The van der Waals surface area contributed by atoms with Crippen LogP contribution in [0, 0.1) is 0 Å². The summed E-state index contributed by atoms with van der Waals surface area (Å²) >= 11 is 1.53. The summed E-state index contributed by atoms with van der Waals surface area (Å²) in [6.45, 7) is 0.348. The number of pyridine rings is 1. The van der Waals surface area contributed by atoms with Gasteiger partial charge in [-0.15, -0.1) is 11.8 Å². The summed E-state index contributed by atoms with van der Waals surface area (Å²) in [5.41, 5.74) is 1.82. The summed E-state index contributed by atoms with van der Waals surface area (Å²) in [7, 11) is 0. The van der Waals surface area contributed by atoms with Crippen molar-refractivity contribution < 1.29 is 4.79 Å². The molecule has 2 aromatic heterocycles. The highest BCUT2D eigenvalue weighted by Crippen LogP contribution is 2.35. The van der Waals surface area contributed by atoms with Gasteiger partial charge >= 0.3 is 0 Å². The Kier molecular flexibility index (Phi) is 5.97. The van der Waals surface area contributed by atoms with E-state index < -0.39 is 0 Å². The number of rotatable bonds is 7. The average molecular weight is 401 g/mol. The number of hydrogen-bond acceptors (Lipinski definition) is 5. The van der Waals surface area contributed by atoms with Crippen LogP contribution in [0.3, 0.4) is 0 Å². The second-order valence-electron chi connectivity index (χ2n) is 6.27. The van der Waals surface area contributed by atoms with Crippen LogP contribution in [-0.4, -0.2) is 25.7 Å². The first kappa shape index (κ1) is 18.9. The number of aromatic nitrogens is 4. The maximum absolute atomic E-state index is 13.1. The maximum atomic E-state index is 13.1. The first-order valence-electron chi connectivity index (χ1n) is 9.14. The molecule has 0 fully saturated rings. The van der Waals surface area contributed by atoms with Crippen LogP contribution in [0.4, 0.5) is 0 Å². The zero-order valence-electron chi connectivity index (χ0n) is 15.6. The fourth-order valence-corrected chi connectivity index (χ4v) is 3.97. The van der Waals surface area contributed by atoms with E-state index in [1.54, 1.807) is 17.2 Å². The lowest BCUT2D eigenvalue weighted by Gasteiger charge is -2.17. The lowest BCUT2D eigenvalue weighted by atomic mass is 10.1. The van der Waals surface area contributed by atoms with Crippen molar-refractivity contribution in [3.05, 3.63) is 103 Å². The predicted molar refractivity (Wildman–Crippen MR) is 112 cm³/mol. The Morgan fingerprint density at radius 1 is 1.00 bits per heavy atom. The van der Waals surface area contributed by atoms with E-state index in [0.29, 0.717) is 12.4 Å². The Labute approximate surface area is 173 Å². The van der Waals surface area contributed by atoms with Crippen LogP contribution in [0.25, 0.3) is 5.82 Å². The minimum absolute atomic E-state index is 0.0570. The molecule has 4 rings (SSSR count). The van der Waals surface area contributed by atoms with Gasteiger partial charge in [0.1, 0.15) is 17.9 Å². The van der Waals surface area contributed by atoms with Gasteiger partial charge in [0.05, 0.1) is 0 Å². The Hall–Kier alpha value is -3.45. The predicted octanol–water partition coefficient (Wildman–Crippen LogP) is 3.81. The third kappa shape index (κ3) is 4.70. The Morgan fingerprint density at radius 3 is 2.48 bits per heavy atom. The van der Waals surface area contributed by atoms with Crippen molar-refractivity contribution in [2.45, 2.75) is 16.7 Å². The zero-order valence-corrected chi connectivity index (χ0v) is 16.4. The topological polar surface area (TPSA) is 72.7 Å². The molecule has 0 aliphatic carbocycles. The van der Waals surface area contributed by atoms with Crippen molar-refractivity contribution >= 4 is 17.7 Å². The third-order valence-corrected chi connectivity index (χ3v) is 5.56. The lowest BCUT2D eigenvalue weighted by Crippen LogP contribution is -2.28. The fraction of sp³-hybridized carbons (Fsp3) is 0.0909. The monoisotopic (exact) mass is 401 g/mol. The molecule has 0 aliphatic rings. The van der Waals surface area contributed by atoms with E-state index in [2.05, 4.69) is 20.4 Å². The maximum Gasteiger partial charge on any atom is 0.238 e. The van der Waals surface area contributed by atoms with Crippen LogP contribution >= 0.6 is 11.8 Å². The van der Waals surface area contributed by atoms with Crippen molar-refractivity contribution in [1.82, 2.24) is 25.1 Å². The van der Waals surface area contributed by atoms with E-state index in [1.807, 2.05) is 72.8 Å². The second-order valence-corrected chi connectivity index (χ2v) is 7.44. The van der Waals surface area contributed by atoms with Gasteiger partial charge in [-0.25, -0.2) is 14.6 Å². The quantitative estimate of drug-likeness (QED) is 0.477. The van der Waals surface area contributed by atoms with Gasteiger partial charge in [-0.1, -0.05) is 54.6 Å². The van der Waals surface area contributed by atoms with E-state index in [9.17, 15) is 4.79 Å². The summed E-state index contributed by atoms with van der Waals surface area (Å²) in [6.07, 6.45) is 4.74. The second kappa shape index (κ2) is 9.16. The summed E-state index contributed by atoms with van der Waals surface area (Å²) in [4.78, 5) is 22.5. The van der Waals surface area contributed by atoms with Gasteiger partial charge in [0.25, 0.3) is 0 Å². The number of carbonyl (C=O) groups excluding carboxylic acids is 1. The zero-order chi connectivity index (χ0) is 19.9. The van der Waals surface area contributed by atoms with Gasteiger partial charge in [0.15, 0.2) is 5.82 Å². The summed E-state index contributed by atoms with van der Waals surface area (Å²) in [6, 6.07) is 23.5. The van der Waals surface area contributed by atoms with E-state index in [1.165, 1.54) is 18.1 Å². The molecular formula is C22H19N5OS. The molecule has 2 aromatic carbocycles. The molecule has 2 heterocycles. The molecule has 0 saturated heterocycles. The molecule has 1 atom stereocenters. The molecule has 0 spiro atoms. The van der Waals surface area contributed by atoms with Crippen LogP contribution in [0.1, 0.15) is 16.4 Å². The number of benzene rings is 2. The van der Waals surface area contributed by atoms with E-state index in [4.69, 9.17) is 0 Å². The van der Waals surface area contributed by atoms with Gasteiger partial charge in [-0.2, -0.15) is 5.10 Å². The van der Waals surface area contributed by atoms with Crippen molar-refractivity contribution in [2.75, 3.05) is 0 Å². The molecule has 0 bridgehead atoms. The molecule has 1 unspecified atom stereocenters. The first-order valence-corrected chi connectivity index (χ1v) is 10.0. The minimum Gasteiger partial charge on any atom is -0.351 e. The number of hydrogen-bond donors (Lipinski definition) is 1. The molecule has 0 radical (unpaired) electrons. The van der Waals surface area contributed by atoms with Crippen molar-refractivity contribution in [1.29, 1.82) is 0 Å². The number of thioether (sulfide) groups is 1. The molecule has 7 heteroatoms. The highest BCUT2D eigenvalue weighted by molar-refractivity contribution is 8.00. The SMILES string of the molecule is O=C(NCc1cccnc1-n1cncn1)C(Sc1ccccc1)c1ccccc1. The van der Waals surface area contributed by atoms with Crippen LogP contribution in [-0.2, 0) is 11.3 Å². The van der Waals surface area contributed by atoms with Crippen LogP contribution < -0.4 is 5.32 Å². The first-order chi connectivity index (χ1) is 14.3. The fourth-order valence-electron chi connectivity index (χ4n) is 2.90. The Bertz CT molecular complexity index is 1060. The Morgan fingerprint density at radius 2 is 1.76 bits per heavy atom. The molecule has 6 nitrogen and oxygen atoms in total. The summed E-state index contributed by atoms with van der Waals surface area (Å²) in [5, 5.41) is 6.84. The Balaban J connectivity index is 1.53. The van der Waals surface area contributed by atoms with Crippen LogP contribution in [0.5, 0.6) is 0 Å². The average Bonchev–Trinajstić information content (AvgIpc) is 3.32. The standard InChI is InChI=1S/C22H19N5OS/c28-22(25-14-18-10-7-13-24-21(18)27-16-23-15-26-27)20(17-8-3-1-4-9-17)29-19-11-5-2-6-12-19/h1-13,15-16,20H,14H2,(H,25,28). The van der Waals surface area contributed by atoms with Crippen molar-refractivity contribution in [3.8, 4) is 5.82 Å². The number of amides is 1. The molecule has 0 saturated carbocycles. The highest BCUT2D eigenvalue weighted by atomic mass is 32.2. The van der Waals surface area contributed by atoms with Crippen LogP contribution in [0.2, 0.25) is 0 Å². The number of nitrogens with zero attached hydrogens (tertiary/aromatic N) is 4. The molecule has 4 aromatic rings. The molecule has 1 N–H and O–H groups in total. The van der Waals surface area contributed by atoms with Crippen molar-refractivity contribution in [2.24, 2.45) is 0 Å². The summed E-state index contributed by atoms with van der Waals surface area (Å²) < 4.78 is 1.59. The normalized spacial score (nSPS) is 11.7. The van der Waals surface area contributed by atoms with Crippen LogP contribution in [0.15, 0.2) is 96.5 Å². The van der Waals surface area contributed by atoms with E-state index >= 15 is 0 Å². The van der Waals surface area contributed by atoms with Gasteiger partial charge in [-0.05, 0) is 23.8 Å². The molecule has 29 heavy (non-hydrogen) atoms. The molecule has 0 aliphatic heterocycles. The molecule has 144 valence electrons. The van der Waals surface area contributed by atoms with Crippen molar-refractivity contribution in [3.63, 3.8) is 0 Å². The van der Waals surface area contributed by atoms with E-state index in [-0.39, 0.29) is 11.2 Å². The van der Waals surface area contributed by atoms with Gasteiger partial charge in [-0.3, -0.25) is 4.79 Å². The summed E-state index contributed by atoms with van der Waals surface area (Å²) in [5.74, 6) is 0.593. The largest absolute Gasteiger partial charge is 0.351 e. The highest BCUT2D eigenvalue weighted by Gasteiger charge is 2.22. The lowest BCUT2D eigenvalue weighted by molar-refractivity contribution is -0.120. The van der Waals surface area contributed by atoms with Gasteiger partial charge in [0, 0.05) is 23.2 Å². The van der Waals surface area contributed by atoms with E-state index in [0.717, 1.165) is 16.0 Å². The van der Waals surface area contributed by atoms with Gasteiger partial charge < -0.3 is 5.32 Å². The smallest absolute Gasteiger partial charge is 0.238 e.